The molecule has 104 valence electrons. The Morgan fingerprint density at radius 2 is 2.00 bits per heavy atom. The van der Waals surface area contributed by atoms with E-state index < -0.39 is 11.4 Å². The molecule has 0 fully saturated rings. The minimum Gasteiger partial charge on any atom is -0.357 e. The van der Waals surface area contributed by atoms with Crippen molar-refractivity contribution in [1.29, 1.82) is 5.41 Å². The van der Waals surface area contributed by atoms with E-state index in [0.717, 1.165) is 10.6 Å². The molecule has 4 N–H and O–H groups in total. The Hall–Kier alpha value is -1.37. The fraction of sp³-hybridized carbons (Fsp3) is 0.385. The molecule has 19 heavy (non-hydrogen) atoms. The lowest BCUT2D eigenvalue weighted by atomic mass is 9.90. The first-order valence-electron chi connectivity index (χ1n) is 5.95. The third-order valence-corrected chi connectivity index (χ3v) is 3.75. The lowest BCUT2D eigenvalue weighted by molar-refractivity contribution is -0.127. The van der Waals surface area contributed by atoms with Gasteiger partial charge in [0.2, 0.25) is 5.91 Å². The highest BCUT2D eigenvalue weighted by atomic mass is 32.2. The van der Waals surface area contributed by atoms with Crippen molar-refractivity contribution in [3.63, 3.8) is 0 Å². The third kappa shape index (κ3) is 3.34. The number of benzene rings is 1. The Balaban J connectivity index is 3.01. The summed E-state index contributed by atoms with van der Waals surface area (Å²) >= 11 is 1.70. The average molecular weight is 281 g/mol. The number of thioether (sulfide) groups is 1. The van der Waals surface area contributed by atoms with Crippen LogP contribution in [0.4, 0.5) is 0 Å². The van der Waals surface area contributed by atoms with E-state index in [4.69, 9.17) is 5.41 Å². The Morgan fingerprint density at radius 1 is 1.42 bits per heavy atom. The molecule has 0 bridgehead atoms. The first kappa shape index (κ1) is 15.7. The molecule has 0 spiro atoms. The second-order valence-corrected chi connectivity index (χ2v) is 5.49. The second-order valence-electron chi connectivity index (χ2n) is 4.15. The smallest absolute Gasteiger partial charge is 0.248 e. The van der Waals surface area contributed by atoms with Gasteiger partial charge in [-0.2, -0.15) is 5.48 Å². The van der Waals surface area contributed by atoms with E-state index in [9.17, 15) is 10.0 Å². The molecule has 1 aromatic rings. The van der Waals surface area contributed by atoms with E-state index in [0.29, 0.717) is 5.56 Å². The Kier molecular flexibility index (Phi) is 5.53. The summed E-state index contributed by atoms with van der Waals surface area (Å²) in [7, 11) is 1.46. The maximum atomic E-state index is 11.8. The summed E-state index contributed by atoms with van der Waals surface area (Å²) in [6, 6.07) is 7.36. The lowest BCUT2D eigenvalue weighted by Crippen LogP contribution is -2.58. The molecular formula is C13H19N3O2S. The van der Waals surface area contributed by atoms with Crippen molar-refractivity contribution in [2.24, 2.45) is 0 Å². The average Bonchev–Trinajstić information content (AvgIpc) is 2.46. The SMILES string of the molecule is CCSc1ccc(C(=N)C(C)(NO)C(=O)NC)cc1. The molecule has 0 aliphatic rings. The Labute approximate surface area is 117 Å². The van der Waals surface area contributed by atoms with Crippen molar-refractivity contribution >= 4 is 23.4 Å². The molecule has 1 atom stereocenters. The number of nitrogens with one attached hydrogen (secondary N) is 3. The van der Waals surface area contributed by atoms with Crippen molar-refractivity contribution in [2.45, 2.75) is 24.3 Å². The third-order valence-electron chi connectivity index (χ3n) is 2.86. The topological polar surface area (TPSA) is 85.2 Å². The summed E-state index contributed by atoms with van der Waals surface area (Å²) in [6.45, 7) is 3.53. The van der Waals surface area contributed by atoms with E-state index in [1.807, 2.05) is 17.6 Å². The summed E-state index contributed by atoms with van der Waals surface area (Å²) in [5, 5.41) is 19.7. The number of hydrogen-bond donors (Lipinski definition) is 4. The molecule has 0 aromatic heterocycles. The number of amides is 1. The van der Waals surface area contributed by atoms with Crippen LogP contribution in [0.25, 0.3) is 0 Å². The number of carbonyl (C=O) groups excluding carboxylic acids is 1. The Morgan fingerprint density at radius 3 is 2.42 bits per heavy atom. The molecule has 5 nitrogen and oxygen atoms in total. The summed E-state index contributed by atoms with van der Waals surface area (Å²) in [4.78, 5) is 12.9. The normalized spacial score (nSPS) is 13.7. The highest BCUT2D eigenvalue weighted by Gasteiger charge is 2.37. The van der Waals surface area contributed by atoms with Crippen molar-refractivity contribution in [3.8, 4) is 0 Å². The van der Waals surface area contributed by atoms with Crippen LogP contribution in [-0.2, 0) is 4.79 Å². The summed E-state index contributed by atoms with van der Waals surface area (Å²) in [5.74, 6) is 0.511. The number of carbonyl (C=O) groups is 1. The molecule has 0 saturated heterocycles. The van der Waals surface area contributed by atoms with E-state index in [1.165, 1.54) is 14.0 Å². The molecule has 0 aliphatic carbocycles. The van der Waals surface area contributed by atoms with Gasteiger partial charge in [-0.15, -0.1) is 11.8 Å². The lowest BCUT2D eigenvalue weighted by Gasteiger charge is -2.26. The molecule has 1 aromatic carbocycles. The van der Waals surface area contributed by atoms with Crippen molar-refractivity contribution in [2.75, 3.05) is 12.8 Å². The molecule has 0 radical (unpaired) electrons. The van der Waals surface area contributed by atoms with E-state index >= 15 is 0 Å². The van der Waals surface area contributed by atoms with Crippen LogP contribution >= 0.6 is 11.8 Å². The molecule has 1 unspecified atom stereocenters. The molecule has 0 aliphatic heterocycles. The van der Waals surface area contributed by atoms with Gasteiger partial charge in [0.05, 0.1) is 5.71 Å². The number of hydrogen-bond acceptors (Lipinski definition) is 5. The van der Waals surface area contributed by atoms with Crippen molar-refractivity contribution in [3.05, 3.63) is 29.8 Å². The zero-order chi connectivity index (χ0) is 14.5. The van der Waals surface area contributed by atoms with Gasteiger partial charge >= 0.3 is 0 Å². The largest absolute Gasteiger partial charge is 0.357 e. The minimum atomic E-state index is -1.46. The first-order chi connectivity index (χ1) is 8.99. The molecule has 6 heteroatoms. The summed E-state index contributed by atoms with van der Waals surface area (Å²) in [6.07, 6.45) is 0. The van der Waals surface area contributed by atoms with Crippen LogP contribution in [0.2, 0.25) is 0 Å². The van der Waals surface area contributed by atoms with Crippen LogP contribution in [0, 0.1) is 5.41 Å². The van der Waals surface area contributed by atoms with Gasteiger partial charge in [0.15, 0.2) is 5.54 Å². The molecule has 0 saturated carbocycles. The fourth-order valence-corrected chi connectivity index (χ4v) is 2.31. The van der Waals surface area contributed by atoms with Gasteiger partial charge in [0, 0.05) is 11.9 Å². The zero-order valence-electron chi connectivity index (χ0n) is 11.3. The van der Waals surface area contributed by atoms with Gasteiger partial charge in [-0.3, -0.25) is 4.79 Å². The number of likely N-dealkylation sites (N-methyl/N-ethyl adjacent to an activating group) is 1. The maximum Gasteiger partial charge on any atom is 0.248 e. The summed E-state index contributed by atoms with van der Waals surface area (Å²) < 4.78 is 0. The number of rotatable bonds is 6. The maximum absolute atomic E-state index is 11.8. The monoisotopic (exact) mass is 281 g/mol. The standard InChI is InChI=1S/C13H19N3O2S/c1-4-19-10-7-5-9(6-8-10)11(14)13(2,16-18)12(17)15-3/h5-8,14,16,18H,4H2,1-3H3,(H,15,17). The minimum absolute atomic E-state index is 0.0161. The summed E-state index contributed by atoms with van der Waals surface area (Å²) in [5.41, 5.74) is 1.07. The number of hydroxylamine groups is 1. The van der Waals surface area contributed by atoms with Gasteiger partial charge in [-0.25, -0.2) is 0 Å². The predicted molar refractivity (Wildman–Crippen MR) is 77.1 cm³/mol. The van der Waals surface area contributed by atoms with Gasteiger partial charge in [-0.1, -0.05) is 19.1 Å². The van der Waals surface area contributed by atoms with Gasteiger partial charge in [0.25, 0.3) is 0 Å². The second kappa shape index (κ2) is 6.70. The van der Waals surface area contributed by atoms with Gasteiger partial charge < -0.3 is 15.9 Å². The molecule has 1 amide bonds. The highest BCUT2D eigenvalue weighted by molar-refractivity contribution is 7.99. The van der Waals surface area contributed by atoms with Gasteiger partial charge in [0.1, 0.15) is 0 Å². The van der Waals surface area contributed by atoms with E-state index in [-0.39, 0.29) is 5.71 Å². The first-order valence-corrected chi connectivity index (χ1v) is 6.93. The fourth-order valence-electron chi connectivity index (χ4n) is 1.64. The van der Waals surface area contributed by atoms with Crippen LogP contribution in [0.15, 0.2) is 29.2 Å². The van der Waals surface area contributed by atoms with Crippen molar-refractivity contribution < 1.29 is 10.0 Å². The van der Waals surface area contributed by atoms with Crippen LogP contribution in [0.3, 0.4) is 0 Å². The predicted octanol–water partition coefficient (Wildman–Crippen LogP) is 1.65. The quantitative estimate of drug-likeness (QED) is 0.363. The Bertz CT molecular complexity index is 461. The molecular weight excluding hydrogens is 262 g/mol. The van der Waals surface area contributed by atoms with Crippen LogP contribution in [0.5, 0.6) is 0 Å². The molecule has 1 rings (SSSR count). The van der Waals surface area contributed by atoms with Crippen LogP contribution < -0.4 is 10.8 Å². The van der Waals surface area contributed by atoms with Crippen LogP contribution in [-0.4, -0.2) is 35.2 Å². The molecule has 0 heterocycles. The van der Waals surface area contributed by atoms with Gasteiger partial charge in [-0.05, 0) is 30.4 Å². The van der Waals surface area contributed by atoms with E-state index in [1.54, 1.807) is 23.9 Å². The highest BCUT2D eigenvalue weighted by Crippen LogP contribution is 2.20. The van der Waals surface area contributed by atoms with Crippen LogP contribution in [0.1, 0.15) is 19.4 Å². The van der Waals surface area contributed by atoms with E-state index in [2.05, 4.69) is 12.2 Å². The van der Waals surface area contributed by atoms with Crippen molar-refractivity contribution in [1.82, 2.24) is 10.8 Å². The zero-order valence-corrected chi connectivity index (χ0v) is 12.1.